The smallest absolute Gasteiger partial charge is 0.341 e. The van der Waals surface area contributed by atoms with Crippen LogP contribution in [0, 0.1) is 5.82 Å². The predicted octanol–water partition coefficient (Wildman–Crippen LogP) is 4.95. The van der Waals surface area contributed by atoms with Crippen LogP contribution >= 0.6 is 23.1 Å². The van der Waals surface area contributed by atoms with Crippen LogP contribution in [-0.4, -0.2) is 47.5 Å². The van der Waals surface area contributed by atoms with Crippen LogP contribution < -0.4 is 10.6 Å². The van der Waals surface area contributed by atoms with Crippen LogP contribution in [0.1, 0.15) is 45.0 Å². The molecule has 1 aromatic heterocycles. The molecule has 4 rings (SSSR count). The molecule has 11 heteroatoms. The summed E-state index contributed by atoms with van der Waals surface area (Å²) in [6.07, 6.45) is 0.509. The van der Waals surface area contributed by atoms with Crippen LogP contribution in [0.15, 0.2) is 53.4 Å². The highest BCUT2D eigenvalue weighted by Gasteiger charge is 2.30. The van der Waals surface area contributed by atoms with Crippen molar-refractivity contribution in [2.24, 2.45) is 0 Å². The number of fused-ring (bicyclic) bond motifs is 1. The van der Waals surface area contributed by atoms with Gasteiger partial charge in [0.05, 0.1) is 30.0 Å². The molecule has 0 fully saturated rings. The second-order valence-electron chi connectivity index (χ2n) is 8.42. The largest absolute Gasteiger partial charge is 0.462 e. The lowest BCUT2D eigenvalue weighted by atomic mass is 10.0. The summed E-state index contributed by atoms with van der Waals surface area (Å²) in [4.78, 5) is 53.1. The number of carbonyl (C=O) groups is 4. The zero-order valence-electron chi connectivity index (χ0n) is 20.8. The number of thiophene rings is 1. The highest BCUT2D eigenvalue weighted by molar-refractivity contribution is 8.00. The molecule has 2 aromatic carbocycles. The predicted molar refractivity (Wildman–Crippen MR) is 145 cm³/mol. The molecule has 3 aromatic rings. The maximum atomic E-state index is 13.9. The molecule has 0 aliphatic carbocycles. The minimum atomic E-state index is -0.612. The van der Waals surface area contributed by atoms with E-state index in [1.165, 1.54) is 48.2 Å². The number of hydrogen-bond acceptors (Lipinski definition) is 7. The zero-order valence-corrected chi connectivity index (χ0v) is 22.5. The molecule has 2 heterocycles. The van der Waals surface area contributed by atoms with Gasteiger partial charge in [0, 0.05) is 28.9 Å². The summed E-state index contributed by atoms with van der Waals surface area (Å²) < 4.78 is 19.1. The number of nitrogens with zero attached hydrogens (tertiary/aromatic N) is 1. The molecule has 0 saturated carbocycles. The van der Waals surface area contributed by atoms with Crippen molar-refractivity contribution in [3.05, 3.63) is 75.9 Å². The molecule has 0 saturated heterocycles. The number of benzene rings is 2. The maximum Gasteiger partial charge on any atom is 0.341 e. The van der Waals surface area contributed by atoms with E-state index in [0.717, 1.165) is 15.3 Å². The lowest BCUT2D eigenvalue weighted by molar-refractivity contribution is -0.129. The van der Waals surface area contributed by atoms with Gasteiger partial charge in [0.1, 0.15) is 10.8 Å². The first kappa shape index (κ1) is 27.3. The fraction of sp³-hybridized carbons (Fsp3) is 0.259. The lowest BCUT2D eigenvalue weighted by Crippen LogP contribution is -2.34. The van der Waals surface area contributed by atoms with E-state index < -0.39 is 17.7 Å². The third kappa shape index (κ3) is 6.40. The average Bonchev–Trinajstić information content (AvgIpc) is 3.25. The number of thioether (sulfide) groups is 1. The van der Waals surface area contributed by atoms with E-state index in [4.69, 9.17) is 4.74 Å². The van der Waals surface area contributed by atoms with Crippen molar-refractivity contribution in [3.8, 4) is 0 Å². The van der Waals surface area contributed by atoms with Crippen molar-refractivity contribution < 1.29 is 28.3 Å². The zero-order chi connectivity index (χ0) is 27.2. The van der Waals surface area contributed by atoms with E-state index in [1.54, 1.807) is 42.2 Å². The van der Waals surface area contributed by atoms with Gasteiger partial charge < -0.3 is 20.3 Å². The van der Waals surface area contributed by atoms with Gasteiger partial charge in [-0.3, -0.25) is 14.4 Å². The highest BCUT2D eigenvalue weighted by Crippen LogP contribution is 2.38. The monoisotopic (exact) mass is 555 g/mol. The second kappa shape index (κ2) is 12.2. The molecule has 198 valence electrons. The minimum absolute atomic E-state index is 0.0453. The molecule has 1 aliphatic rings. The van der Waals surface area contributed by atoms with Crippen molar-refractivity contribution in [2.45, 2.75) is 31.7 Å². The minimum Gasteiger partial charge on any atom is -0.462 e. The summed E-state index contributed by atoms with van der Waals surface area (Å²) in [6.45, 7) is 4.31. The number of ether oxygens (including phenoxy) is 1. The Labute approximate surface area is 227 Å². The van der Waals surface area contributed by atoms with Gasteiger partial charge in [-0.25, -0.2) is 9.18 Å². The number of nitrogens with one attached hydrogen (secondary N) is 2. The molecule has 0 atom stereocenters. The molecule has 0 spiro atoms. The lowest BCUT2D eigenvalue weighted by Gasteiger charge is -2.25. The van der Waals surface area contributed by atoms with E-state index in [9.17, 15) is 23.6 Å². The van der Waals surface area contributed by atoms with E-state index in [-0.39, 0.29) is 29.7 Å². The third-order valence-electron chi connectivity index (χ3n) is 5.82. The number of amides is 3. The van der Waals surface area contributed by atoms with Crippen LogP contribution in [0.25, 0.3) is 0 Å². The fourth-order valence-corrected chi connectivity index (χ4v) is 6.02. The van der Waals surface area contributed by atoms with Gasteiger partial charge in [-0.2, -0.15) is 0 Å². The van der Waals surface area contributed by atoms with E-state index in [2.05, 4.69) is 10.6 Å². The van der Waals surface area contributed by atoms with Gasteiger partial charge >= 0.3 is 5.97 Å². The van der Waals surface area contributed by atoms with Crippen LogP contribution in [0.4, 0.5) is 15.1 Å². The summed E-state index contributed by atoms with van der Waals surface area (Å²) in [5.74, 6) is -1.99. The van der Waals surface area contributed by atoms with Gasteiger partial charge in [0.2, 0.25) is 11.8 Å². The summed E-state index contributed by atoms with van der Waals surface area (Å²) in [6, 6.07) is 12.6. The molecular formula is C27H26FN3O5S2. The molecule has 38 heavy (non-hydrogen) atoms. The SMILES string of the molecule is CCOC(=O)c1c(NC(=O)CSc2cccc(NC(=O)c3ccccc3F)c2)sc2c1CCN(C(C)=O)C2. The Morgan fingerprint density at radius 2 is 1.89 bits per heavy atom. The van der Waals surface area contributed by atoms with Crippen LogP contribution in [-0.2, 0) is 27.3 Å². The number of anilines is 2. The molecule has 0 bridgehead atoms. The third-order valence-corrected chi connectivity index (χ3v) is 7.94. The first-order valence-electron chi connectivity index (χ1n) is 11.9. The fourth-order valence-electron chi connectivity index (χ4n) is 4.00. The standard InChI is InChI=1S/C27H26FN3O5S2/c1-3-36-27(35)24-20-11-12-31(16(2)32)14-22(20)38-26(24)30-23(33)15-37-18-8-6-7-17(13-18)29-25(34)19-9-4-5-10-21(19)28/h4-10,13H,3,11-12,14-15H2,1-2H3,(H,29,34)(H,30,33). The maximum absolute atomic E-state index is 13.9. The Balaban J connectivity index is 1.42. The van der Waals surface area contributed by atoms with Crippen molar-refractivity contribution in [1.29, 1.82) is 0 Å². The van der Waals surface area contributed by atoms with Gasteiger partial charge in [0.25, 0.3) is 5.91 Å². The summed E-state index contributed by atoms with van der Waals surface area (Å²) >= 11 is 2.53. The van der Waals surface area contributed by atoms with Gasteiger partial charge in [-0.15, -0.1) is 23.1 Å². The molecule has 3 amide bonds. The molecule has 0 unspecified atom stereocenters. The van der Waals surface area contributed by atoms with E-state index in [1.807, 2.05) is 0 Å². The van der Waals surface area contributed by atoms with Crippen molar-refractivity contribution >= 4 is 57.5 Å². The Morgan fingerprint density at radius 1 is 1.11 bits per heavy atom. The van der Waals surface area contributed by atoms with Crippen molar-refractivity contribution in [2.75, 3.05) is 29.5 Å². The summed E-state index contributed by atoms with van der Waals surface area (Å²) in [5.41, 5.74) is 1.57. The first-order valence-corrected chi connectivity index (χ1v) is 13.7. The van der Waals surface area contributed by atoms with Gasteiger partial charge in [-0.1, -0.05) is 18.2 Å². The van der Waals surface area contributed by atoms with Crippen molar-refractivity contribution in [1.82, 2.24) is 4.90 Å². The summed E-state index contributed by atoms with van der Waals surface area (Å²) in [5, 5.41) is 5.92. The number of esters is 1. The topological polar surface area (TPSA) is 105 Å². The van der Waals surface area contributed by atoms with Crippen LogP contribution in [0.3, 0.4) is 0 Å². The van der Waals surface area contributed by atoms with Gasteiger partial charge in [0.15, 0.2) is 0 Å². The first-order chi connectivity index (χ1) is 18.3. The molecule has 1 aliphatic heterocycles. The Kier molecular flexibility index (Phi) is 8.80. The normalized spacial score (nSPS) is 12.4. The number of carbonyl (C=O) groups excluding carboxylic acids is 4. The average molecular weight is 556 g/mol. The Morgan fingerprint density at radius 3 is 2.63 bits per heavy atom. The highest BCUT2D eigenvalue weighted by atomic mass is 32.2. The Bertz CT molecular complexity index is 1390. The summed E-state index contributed by atoms with van der Waals surface area (Å²) in [7, 11) is 0. The number of halogens is 1. The molecule has 8 nitrogen and oxygen atoms in total. The quantitative estimate of drug-likeness (QED) is 0.301. The van der Waals surface area contributed by atoms with E-state index in [0.29, 0.717) is 35.8 Å². The van der Waals surface area contributed by atoms with Gasteiger partial charge in [-0.05, 0) is 49.2 Å². The molecular weight excluding hydrogens is 529 g/mol. The number of rotatable bonds is 8. The molecule has 0 radical (unpaired) electrons. The van der Waals surface area contributed by atoms with Crippen molar-refractivity contribution in [3.63, 3.8) is 0 Å². The Hall–Kier alpha value is -3.70. The van der Waals surface area contributed by atoms with Crippen LogP contribution in [0.2, 0.25) is 0 Å². The molecule has 2 N–H and O–H groups in total. The number of hydrogen-bond donors (Lipinski definition) is 2. The van der Waals surface area contributed by atoms with E-state index >= 15 is 0 Å². The second-order valence-corrected chi connectivity index (χ2v) is 10.6. The van der Waals surface area contributed by atoms with Crippen LogP contribution in [0.5, 0.6) is 0 Å².